The highest BCUT2D eigenvalue weighted by atomic mass is 32.1. The number of rotatable bonds is 6. The van der Waals surface area contributed by atoms with Gasteiger partial charge < -0.3 is 10.1 Å². The van der Waals surface area contributed by atoms with Crippen LogP contribution >= 0.6 is 11.3 Å². The van der Waals surface area contributed by atoms with Crippen LogP contribution in [0.5, 0.6) is 5.75 Å². The molecular formula is C16H21NOS. The summed E-state index contributed by atoms with van der Waals surface area (Å²) < 4.78 is 5.97. The van der Waals surface area contributed by atoms with E-state index in [-0.39, 0.29) is 0 Å². The van der Waals surface area contributed by atoms with Crippen molar-refractivity contribution in [3.63, 3.8) is 0 Å². The van der Waals surface area contributed by atoms with E-state index in [4.69, 9.17) is 4.74 Å². The summed E-state index contributed by atoms with van der Waals surface area (Å²) in [7, 11) is 1.97. The lowest BCUT2D eigenvalue weighted by atomic mass is 10.1. The molecule has 1 aromatic carbocycles. The molecule has 1 heterocycles. The molecule has 102 valence electrons. The van der Waals surface area contributed by atoms with Crippen LogP contribution < -0.4 is 10.1 Å². The summed E-state index contributed by atoms with van der Waals surface area (Å²) in [4.78, 5) is 2.69. The first-order valence-electron chi connectivity index (χ1n) is 6.71. The zero-order chi connectivity index (χ0) is 13.7. The van der Waals surface area contributed by atoms with Gasteiger partial charge in [0, 0.05) is 21.4 Å². The van der Waals surface area contributed by atoms with Crippen LogP contribution in [0, 0.1) is 0 Å². The van der Waals surface area contributed by atoms with Gasteiger partial charge in [0.05, 0.1) is 0 Å². The zero-order valence-electron chi connectivity index (χ0n) is 11.8. The van der Waals surface area contributed by atoms with Gasteiger partial charge in [-0.2, -0.15) is 0 Å². The molecule has 3 heteroatoms. The van der Waals surface area contributed by atoms with Crippen molar-refractivity contribution in [3.8, 4) is 5.75 Å². The van der Waals surface area contributed by atoms with Crippen molar-refractivity contribution in [2.75, 3.05) is 7.05 Å². The molecule has 0 fully saturated rings. The molecule has 0 spiro atoms. The minimum atomic E-state index is 0.297. The monoisotopic (exact) mass is 275 g/mol. The first-order valence-corrected chi connectivity index (χ1v) is 7.52. The average Bonchev–Trinajstić information content (AvgIpc) is 2.92. The first-order chi connectivity index (χ1) is 9.24. The van der Waals surface area contributed by atoms with Gasteiger partial charge in [0.25, 0.3) is 0 Å². The molecule has 2 aromatic rings. The van der Waals surface area contributed by atoms with Gasteiger partial charge in [0.1, 0.15) is 12.4 Å². The molecule has 0 radical (unpaired) electrons. The summed E-state index contributed by atoms with van der Waals surface area (Å²) >= 11 is 1.83. The maximum atomic E-state index is 5.97. The third kappa shape index (κ3) is 3.58. The Balaban J connectivity index is 2.06. The lowest BCUT2D eigenvalue weighted by molar-refractivity contribution is 0.304. The Kier molecular flexibility index (Phi) is 5.00. The van der Waals surface area contributed by atoms with Crippen LogP contribution in [0.2, 0.25) is 0 Å². The van der Waals surface area contributed by atoms with E-state index in [2.05, 4.69) is 43.4 Å². The van der Waals surface area contributed by atoms with Crippen molar-refractivity contribution < 1.29 is 4.74 Å². The molecule has 0 saturated carbocycles. The Morgan fingerprint density at radius 3 is 2.58 bits per heavy atom. The predicted octanol–water partition coefficient (Wildman–Crippen LogP) is 4.17. The molecule has 0 aliphatic rings. The number of aryl methyl sites for hydroxylation is 1. The van der Waals surface area contributed by atoms with E-state index in [1.165, 1.54) is 15.3 Å². The van der Waals surface area contributed by atoms with E-state index in [1.54, 1.807) is 0 Å². The molecule has 0 amide bonds. The summed E-state index contributed by atoms with van der Waals surface area (Å²) in [6, 6.07) is 12.9. The molecular weight excluding hydrogens is 254 g/mol. The largest absolute Gasteiger partial charge is 0.488 e. The number of hydrogen-bond acceptors (Lipinski definition) is 3. The van der Waals surface area contributed by atoms with E-state index >= 15 is 0 Å². The fourth-order valence-corrected chi connectivity index (χ4v) is 2.84. The van der Waals surface area contributed by atoms with Crippen molar-refractivity contribution in [1.29, 1.82) is 0 Å². The third-order valence-electron chi connectivity index (χ3n) is 3.25. The van der Waals surface area contributed by atoms with E-state index in [9.17, 15) is 0 Å². The highest BCUT2D eigenvalue weighted by Gasteiger charge is 2.09. The van der Waals surface area contributed by atoms with Crippen molar-refractivity contribution >= 4 is 11.3 Å². The molecule has 0 aliphatic heterocycles. The molecule has 0 saturated heterocycles. The van der Waals surface area contributed by atoms with Crippen LogP contribution in [-0.2, 0) is 13.0 Å². The van der Waals surface area contributed by atoms with E-state index in [0.717, 1.165) is 12.2 Å². The van der Waals surface area contributed by atoms with Crippen LogP contribution in [0.3, 0.4) is 0 Å². The van der Waals surface area contributed by atoms with Gasteiger partial charge in [0.15, 0.2) is 0 Å². The minimum absolute atomic E-state index is 0.297. The number of benzene rings is 1. The maximum Gasteiger partial charge on any atom is 0.124 e. The van der Waals surface area contributed by atoms with Crippen LogP contribution in [0.1, 0.15) is 35.2 Å². The molecule has 1 unspecified atom stereocenters. The van der Waals surface area contributed by atoms with Crippen molar-refractivity contribution in [3.05, 3.63) is 51.7 Å². The fraction of sp³-hybridized carbons (Fsp3) is 0.375. The third-order valence-corrected chi connectivity index (χ3v) is 4.46. The van der Waals surface area contributed by atoms with Gasteiger partial charge in [-0.1, -0.05) is 25.1 Å². The Labute approximate surface area is 119 Å². The predicted molar refractivity (Wildman–Crippen MR) is 81.9 cm³/mol. The van der Waals surface area contributed by atoms with Gasteiger partial charge in [-0.3, -0.25) is 0 Å². The second-order valence-electron chi connectivity index (χ2n) is 4.56. The Hall–Kier alpha value is -1.32. The lowest BCUT2D eigenvalue weighted by Gasteiger charge is -2.16. The second kappa shape index (κ2) is 6.73. The van der Waals surface area contributed by atoms with Gasteiger partial charge in [-0.25, -0.2) is 0 Å². The number of para-hydroxylation sites is 1. The number of nitrogens with one attached hydrogen (secondary N) is 1. The Morgan fingerprint density at radius 1 is 1.16 bits per heavy atom. The van der Waals surface area contributed by atoms with Crippen LogP contribution in [0.25, 0.3) is 0 Å². The van der Waals surface area contributed by atoms with E-state index < -0.39 is 0 Å². The minimum Gasteiger partial charge on any atom is -0.488 e. The smallest absolute Gasteiger partial charge is 0.124 e. The molecule has 2 rings (SSSR count). The molecule has 0 aliphatic carbocycles. The molecule has 1 aromatic heterocycles. The quantitative estimate of drug-likeness (QED) is 0.854. The number of thiophene rings is 1. The van der Waals surface area contributed by atoms with Crippen LogP contribution in [-0.4, -0.2) is 7.05 Å². The SMILES string of the molecule is CCc1ccc(COc2ccccc2C(C)NC)s1. The average molecular weight is 275 g/mol. The fourth-order valence-electron chi connectivity index (χ4n) is 1.96. The van der Waals surface area contributed by atoms with E-state index in [0.29, 0.717) is 12.6 Å². The summed E-state index contributed by atoms with van der Waals surface area (Å²) in [5.74, 6) is 0.968. The topological polar surface area (TPSA) is 21.3 Å². The van der Waals surface area contributed by atoms with Gasteiger partial charge in [-0.15, -0.1) is 11.3 Å². The number of hydrogen-bond donors (Lipinski definition) is 1. The summed E-state index contributed by atoms with van der Waals surface area (Å²) in [5.41, 5.74) is 1.21. The first kappa shape index (κ1) is 14.1. The number of ether oxygens (including phenoxy) is 1. The highest BCUT2D eigenvalue weighted by molar-refractivity contribution is 7.11. The Morgan fingerprint density at radius 2 is 1.89 bits per heavy atom. The van der Waals surface area contributed by atoms with Crippen molar-refractivity contribution in [2.45, 2.75) is 32.9 Å². The summed E-state index contributed by atoms with van der Waals surface area (Å²) in [6.07, 6.45) is 1.10. The van der Waals surface area contributed by atoms with Gasteiger partial charge >= 0.3 is 0 Å². The zero-order valence-corrected chi connectivity index (χ0v) is 12.6. The van der Waals surface area contributed by atoms with Crippen LogP contribution in [0.4, 0.5) is 0 Å². The Bertz CT molecular complexity index is 521. The molecule has 1 N–H and O–H groups in total. The summed E-state index contributed by atoms with van der Waals surface area (Å²) in [6.45, 7) is 4.97. The van der Waals surface area contributed by atoms with Gasteiger partial charge in [0.2, 0.25) is 0 Å². The molecule has 19 heavy (non-hydrogen) atoms. The van der Waals surface area contributed by atoms with E-state index in [1.807, 2.05) is 30.5 Å². The lowest BCUT2D eigenvalue weighted by Crippen LogP contribution is -2.13. The standard InChI is InChI=1S/C16H21NOS/c1-4-13-9-10-14(19-13)11-18-16-8-6-5-7-15(16)12(2)17-3/h5-10,12,17H,4,11H2,1-3H3. The van der Waals surface area contributed by atoms with Gasteiger partial charge in [-0.05, 0) is 38.6 Å². The highest BCUT2D eigenvalue weighted by Crippen LogP contribution is 2.26. The van der Waals surface area contributed by atoms with Crippen molar-refractivity contribution in [2.24, 2.45) is 0 Å². The molecule has 1 atom stereocenters. The summed E-state index contributed by atoms with van der Waals surface area (Å²) in [5, 5.41) is 3.26. The normalized spacial score (nSPS) is 12.4. The van der Waals surface area contributed by atoms with Crippen molar-refractivity contribution in [1.82, 2.24) is 5.32 Å². The molecule has 0 bridgehead atoms. The molecule has 2 nitrogen and oxygen atoms in total. The second-order valence-corrected chi connectivity index (χ2v) is 5.81. The maximum absolute atomic E-state index is 5.97. The van der Waals surface area contributed by atoms with Crippen LogP contribution in [0.15, 0.2) is 36.4 Å².